The molecule has 0 aromatic heterocycles. The summed E-state index contributed by atoms with van der Waals surface area (Å²) in [5, 5.41) is 12.4. The Bertz CT molecular complexity index is 911. The van der Waals surface area contributed by atoms with Crippen LogP contribution in [-0.2, 0) is 0 Å². The van der Waals surface area contributed by atoms with Gasteiger partial charge in [0.15, 0.2) is 11.5 Å². The maximum atomic E-state index is 12.8. The second-order valence-electron chi connectivity index (χ2n) is 6.33. The molecule has 1 aliphatic heterocycles. The lowest BCUT2D eigenvalue weighted by Gasteiger charge is -2.30. The maximum absolute atomic E-state index is 12.8. The number of amides is 2. The Hall–Kier alpha value is -3.52. The Morgan fingerprint density at radius 3 is 2.62 bits per heavy atom. The smallest absolute Gasteiger partial charge is 0.409 e. The second kappa shape index (κ2) is 9.11. The fraction of sp³-hybridized carbons (Fsp3) is 0.238. The van der Waals surface area contributed by atoms with Gasteiger partial charge in [0.2, 0.25) is 0 Å². The summed E-state index contributed by atoms with van der Waals surface area (Å²) in [6.07, 6.45) is 3.17. The predicted molar refractivity (Wildman–Crippen MR) is 108 cm³/mol. The summed E-state index contributed by atoms with van der Waals surface area (Å²) in [5.74, 6) is 1.07. The number of carbonyl (C=O) groups excluding carboxylic acids is 1. The number of hydrazine groups is 1. The molecule has 29 heavy (non-hydrogen) atoms. The van der Waals surface area contributed by atoms with Crippen molar-refractivity contribution < 1.29 is 24.2 Å². The van der Waals surface area contributed by atoms with Crippen molar-refractivity contribution in [2.24, 2.45) is 0 Å². The van der Waals surface area contributed by atoms with E-state index in [0.717, 1.165) is 5.56 Å². The lowest BCUT2D eigenvalue weighted by Crippen LogP contribution is -2.43. The molecule has 0 fully saturated rings. The number of anilines is 1. The van der Waals surface area contributed by atoms with Gasteiger partial charge in [0.05, 0.1) is 19.8 Å². The third kappa shape index (κ3) is 4.85. The fourth-order valence-corrected chi connectivity index (χ4v) is 3.04. The minimum Gasteiger partial charge on any atom is -0.493 e. The van der Waals surface area contributed by atoms with Crippen molar-refractivity contribution in [3.8, 4) is 11.5 Å². The molecule has 0 bridgehead atoms. The third-order valence-corrected chi connectivity index (χ3v) is 4.41. The number of benzene rings is 2. The summed E-state index contributed by atoms with van der Waals surface area (Å²) in [6.45, 7) is 2.43. The molecule has 0 saturated carbocycles. The molecular weight excluding hydrogens is 374 g/mol. The van der Waals surface area contributed by atoms with E-state index < -0.39 is 6.09 Å². The first-order valence-electron chi connectivity index (χ1n) is 9.19. The highest BCUT2D eigenvalue weighted by atomic mass is 16.5. The molecular formula is C21H23N3O5. The number of carboxylic acid groups (broad SMARTS) is 1. The van der Waals surface area contributed by atoms with Crippen LogP contribution in [-0.4, -0.2) is 35.8 Å². The number of nitrogens with one attached hydrogen (secondary N) is 2. The summed E-state index contributed by atoms with van der Waals surface area (Å²) in [5.41, 5.74) is 5.01. The van der Waals surface area contributed by atoms with Crippen LogP contribution >= 0.6 is 0 Å². The number of methoxy groups -OCH3 is 1. The predicted octanol–water partition coefficient (Wildman–Crippen LogP) is 3.79. The van der Waals surface area contributed by atoms with Crippen molar-refractivity contribution in [3.05, 3.63) is 65.9 Å². The van der Waals surface area contributed by atoms with Crippen LogP contribution in [0.15, 0.2) is 54.7 Å². The van der Waals surface area contributed by atoms with Crippen LogP contribution in [0.25, 0.3) is 0 Å². The summed E-state index contributed by atoms with van der Waals surface area (Å²) >= 11 is 0. The molecule has 152 valence electrons. The topological polar surface area (TPSA) is 100 Å². The molecule has 2 aromatic carbocycles. The SMILES string of the molecule is CCOc1cc(C2CC=CN(C(=O)c3ccc(NC(=O)O)cc3)N2)ccc1OC. The van der Waals surface area contributed by atoms with Gasteiger partial charge in [0, 0.05) is 17.5 Å². The van der Waals surface area contributed by atoms with Gasteiger partial charge in [-0.1, -0.05) is 12.1 Å². The molecule has 3 N–H and O–H groups in total. The van der Waals surface area contributed by atoms with E-state index in [2.05, 4.69) is 10.7 Å². The Balaban J connectivity index is 1.74. The van der Waals surface area contributed by atoms with Gasteiger partial charge in [-0.2, -0.15) is 0 Å². The van der Waals surface area contributed by atoms with Crippen molar-refractivity contribution >= 4 is 17.7 Å². The van der Waals surface area contributed by atoms with E-state index in [1.807, 2.05) is 31.2 Å². The Kier molecular flexibility index (Phi) is 6.36. The highest BCUT2D eigenvalue weighted by Gasteiger charge is 2.23. The summed E-state index contributed by atoms with van der Waals surface area (Å²) in [7, 11) is 1.59. The zero-order valence-corrected chi connectivity index (χ0v) is 16.2. The number of hydrogen-bond acceptors (Lipinski definition) is 5. The third-order valence-electron chi connectivity index (χ3n) is 4.41. The zero-order chi connectivity index (χ0) is 20.8. The molecule has 8 heteroatoms. The van der Waals surface area contributed by atoms with Crippen molar-refractivity contribution in [3.63, 3.8) is 0 Å². The van der Waals surface area contributed by atoms with Crippen LogP contribution in [0.4, 0.5) is 10.5 Å². The lowest BCUT2D eigenvalue weighted by atomic mass is 10.0. The van der Waals surface area contributed by atoms with Crippen molar-refractivity contribution in [2.45, 2.75) is 19.4 Å². The normalized spacial score (nSPS) is 15.7. The van der Waals surface area contributed by atoms with Crippen LogP contribution in [0.3, 0.4) is 0 Å². The van der Waals surface area contributed by atoms with Crippen molar-refractivity contribution in [1.29, 1.82) is 0 Å². The molecule has 1 atom stereocenters. The molecule has 2 aromatic rings. The van der Waals surface area contributed by atoms with Gasteiger partial charge in [-0.25, -0.2) is 15.2 Å². The van der Waals surface area contributed by atoms with Crippen LogP contribution in [0, 0.1) is 0 Å². The van der Waals surface area contributed by atoms with Gasteiger partial charge in [-0.05, 0) is 55.3 Å². The van der Waals surface area contributed by atoms with E-state index in [9.17, 15) is 9.59 Å². The van der Waals surface area contributed by atoms with E-state index in [-0.39, 0.29) is 11.9 Å². The number of nitrogens with zero attached hydrogens (tertiary/aromatic N) is 1. The van der Waals surface area contributed by atoms with Gasteiger partial charge in [0.25, 0.3) is 5.91 Å². The Labute approximate surface area is 168 Å². The van der Waals surface area contributed by atoms with Crippen LogP contribution in [0.2, 0.25) is 0 Å². The Morgan fingerprint density at radius 2 is 1.97 bits per heavy atom. The van der Waals surface area contributed by atoms with E-state index in [4.69, 9.17) is 14.6 Å². The molecule has 0 saturated heterocycles. The summed E-state index contributed by atoms with van der Waals surface area (Å²) in [6, 6.07) is 11.8. The van der Waals surface area contributed by atoms with E-state index in [1.165, 1.54) is 5.01 Å². The molecule has 3 rings (SSSR count). The summed E-state index contributed by atoms with van der Waals surface area (Å²) < 4.78 is 11.0. The molecule has 8 nitrogen and oxygen atoms in total. The molecule has 0 aliphatic carbocycles. The van der Waals surface area contributed by atoms with Gasteiger partial charge in [-0.3, -0.25) is 10.1 Å². The molecule has 1 unspecified atom stereocenters. The second-order valence-corrected chi connectivity index (χ2v) is 6.33. The number of carbonyl (C=O) groups is 2. The number of rotatable bonds is 6. The minimum absolute atomic E-state index is 0.109. The van der Waals surface area contributed by atoms with E-state index in [1.54, 1.807) is 37.6 Å². The number of ether oxygens (including phenoxy) is 2. The van der Waals surface area contributed by atoms with Gasteiger partial charge < -0.3 is 14.6 Å². The van der Waals surface area contributed by atoms with E-state index >= 15 is 0 Å². The molecule has 1 aliphatic rings. The van der Waals surface area contributed by atoms with Crippen LogP contribution < -0.4 is 20.2 Å². The molecule has 2 amide bonds. The van der Waals surface area contributed by atoms with Crippen molar-refractivity contribution in [2.75, 3.05) is 19.0 Å². The first kappa shape index (κ1) is 20.2. The summed E-state index contributed by atoms with van der Waals surface area (Å²) in [4.78, 5) is 23.5. The average Bonchev–Trinajstić information content (AvgIpc) is 2.73. The molecule has 1 heterocycles. The van der Waals surface area contributed by atoms with Crippen LogP contribution in [0.1, 0.15) is 35.3 Å². The average molecular weight is 397 g/mol. The Morgan fingerprint density at radius 1 is 1.21 bits per heavy atom. The zero-order valence-electron chi connectivity index (χ0n) is 16.2. The monoisotopic (exact) mass is 397 g/mol. The first-order chi connectivity index (χ1) is 14.0. The van der Waals surface area contributed by atoms with Crippen molar-refractivity contribution in [1.82, 2.24) is 10.4 Å². The lowest BCUT2D eigenvalue weighted by molar-refractivity contribution is 0.0713. The highest BCUT2D eigenvalue weighted by molar-refractivity contribution is 5.95. The van der Waals surface area contributed by atoms with Gasteiger partial charge in [0.1, 0.15) is 0 Å². The highest BCUT2D eigenvalue weighted by Crippen LogP contribution is 2.32. The first-order valence-corrected chi connectivity index (χ1v) is 9.19. The van der Waals surface area contributed by atoms with Gasteiger partial charge >= 0.3 is 6.09 Å². The van der Waals surface area contributed by atoms with Gasteiger partial charge in [-0.15, -0.1) is 0 Å². The van der Waals surface area contributed by atoms with E-state index in [0.29, 0.717) is 35.8 Å². The standard InChI is InChI=1S/C21H23N3O5/c1-3-29-19-13-15(8-11-18(19)28-2)17-5-4-12-24(23-17)20(25)14-6-9-16(10-7-14)22-21(26)27/h4,6-13,17,22-23H,3,5H2,1-2H3,(H,26,27). The van der Waals surface area contributed by atoms with Crippen LogP contribution in [0.5, 0.6) is 11.5 Å². The molecule has 0 radical (unpaired) electrons. The largest absolute Gasteiger partial charge is 0.493 e. The molecule has 0 spiro atoms. The quantitative estimate of drug-likeness (QED) is 0.686. The number of hydrogen-bond donors (Lipinski definition) is 3. The fourth-order valence-electron chi connectivity index (χ4n) is 3.04. The maximum Gasteiger partial charge on any atom is 0.409 e. The minimum atomic E-state index is -1.15.